The first kappa shape index (κ1) is 20.1. The Morgan fingerprint density at radius 1 is 1.10 bits per heavy atom. The van der Waals surface area contributed by atoms with Gasteiger partial charge in [0, 0.05) is 10.0 Å². The average Bonchev–Trinajstić information content (AvgIpc) is 2.71. The number of nitrogens with two attached hydrogens (primary N) is 1. The maximum atomic E-state index is 12.1. The van der Waals surface area contributed by atoms with Crippen LogP contribution >= 0.6 is 15.9 Å². The fourth-order valence-electron chi connectivity index (χ4n) is 2.76. The molecule has 0 saturated heterocycles. The number of carbonyl (C=O) groups is 2. The summed E-state index contributed by atoms with van der Waals surface area (Å²) < 4.78 is 6.95. The summed E-state index contributed by atoms with van der Waals surface area (Å²) in [5.74, 6) is -0.363. The number of rotatable bonds is 5. The molecule has 3 aromatic carbocycles. The molecule has 0 spiro atoms. The van der Waals surface area contributed by atoms with Crippen LogP contribution in [0.15, 0.2) is 70.7 Å². The van der Waals surface area contributed by atoms with E-state index in [-0.39, 0.29) is 5.57 Å². The summed E-state index contributed by atoms with van der Waals surface area (Å²) in [6, 6.07) is 19.7. The first-order valence-electron chi connectivity index (χ1n) is 8.59. The first-order valence-corrected chi connectivity index (χ1v) is 9.39. The molecule has 0 unspecified atom stereocenters. The standard InChI is InChI=1S/C22H16BrN3O3/c23-17-8-5-14(6-9-17)13-29-20-10-7-15-3-1-2-4-18(15)19(20)11-16(12-24)21(27)26-22(25)28/h1-11H,13H2,(H3,25,26,27,28)/b16-11-. The highest BCUT2D eigenvalue weighted by molar-refractivity contribution is 9.10. The summed E-state index contributed by atoms with van der Waals surface area (Å²) in [6.45, 7) is 0.307. The molecule has 0 fully saturated rings. The van der Waals surface area contributed by atoms with Gasteiger partial charge in [0.15, 0.2) is 0 Å². The summed E-state index contributed by atoms with van der Waals surface area (Å²) in [6.07, 6.45) is 1.40. The number of amides is 3. The lowest BCUT2D eigenvalue weighted by molar-refractivity contribution is -0.115. The molecule has 0 aliphatic rings. The number of halogens is 1. The van der Waals surface area contributed by atoms with Crippen LogP contribution in [0.3, 0.4) is 0 Å². The van der Waals surface area contributed by atoms with E-state index in [1.807, 2.05) is 66.0 Å². The molecule has 0 aromatic heterocycles. The predicted octanol–water partition coefficient (Wildman–Crippen LogP) is 4.28. The molecule has 0 aliphatic carbocycles. The number of carbonyl (C=O) groups excluding carboxylic acids is 2. The highest BCUT2D eigenvalue weighted by Gasteiger charge is 2.14. The number of hydrogen-bond donors (Lipinski definition) is 2. The lowest BCUT2D eigenvalue weighted by Gasteiger charge is -2.13. The van der Waals surface area contributed by atoms with Crippen LogP contribution in [0, 0.1) is 11.3 Å². The van der Waals surface area contributed by atoms with Crippen molar-refractivity contribution in [2.45, 2.75) is 6.61 Å². The Balaban J connectivity index is 2.02. The van der Waals surface area contributed by atoms with E-state index < -0.39 is 11.9 Å². The molecule has 0 heterocycles. The topological polar surface area (TPSA) is 105 Å². The van der Waals surface area contributed by atoms with E-state index in [1.54, 1.807) is 6.07 Å². The van der Waals surface area contributed by atoms with Gasteiger partial charge in [-0.25, -0.2) is 4.79 Å². The molecule has 144 valence electrons. The molecule has 7 heteroatoms. The van der Waals surface area contributed by atoms with Crippen molar-refractivity contribution in [3.8, 4) is 11.8 Å². The number of ether oxygens (including phenoxy) is 1. The van der Waals surface area contributed by atoms with Crippen molar-refractivity contribution in [2.75, 3.05) is 0 Å². The largest absolute Gasteiger partial charge is 0.488 e. The second-order valence-corrected chi connectivity index (χ2v) is 7.02. The van der Waals surface area contributed by atoms with E-state index in [4.69, 9.17) is 10.5 Å². The van der Waals surface area contributed by atoms with E-state index in [0.29, 0.717) is 17.9 Å². The maximum Gasteiger partial charge on any atom is 0.319 e. The Kier molecular flexibility index (Phi) is 6.27. The van der Waals surface area contributed by atoms with Gasteiger partial charge in [0.25, 0.3) is 5.91 Å². The van der Waals surface area contributed by atoms with Gasteiger partial charge in [0.1, 0.15) is 24.0 Å². The van der Waals surface area contributed by atoms with Crippen LogP contribution < -0.4 is 15.8 Å². The smallest absolute Gasteiger partial charge is 0.319 e. The summed E-state index contributed by atoms with van der Waals surface area (Å²) in [4.78, 5) is 23.1. The van der Waals surface area contributed by atoms with E-state index in [0.717, 1.165) is 20.8 Å². The van der Waals surface area contributed by atoms with Crippen molar-refractivity contribution < 1.29 is 14.3 Å². The van der Waals surface area contributed by atoms with Gasteiger partial charge in [-0.3, -0.25) is 10.1 Å². The molecule has 0 atom stereocenters. The van der Waals surface area contributed by atoms with Gasteiger partial charge in [-0.1, -0.05) is 58.4 Å². The number of hydrogen-bond acceptors (Lipinski definition) is 4. The van der Waals surface area contributed by atoms with Gasteiger partial charge in [-0.2, -0.15) is 5.26 Å². The van der Waals surface area contributed by atoms with Crippen LogP contribution in [0.1, 0.15) is 11.1 Å². The van der Waals surface area contributed by atoms with E-state index in [9.17, 15) is 14.9 Å². The number of fused-ring (bicyclic) bond motifs is 1. The minimum Gasteiger partial charge on any atom is -0.488 e. The zero-order valence-corrected chi connectivity index (χ0v) is 16.8. The van der Waals surface area contributed by atoms with Crippen molar-refractivity contribution in [1.29, 1.82) is 5.26 Å². The number of primary amides is 1. The normalized spacial score (nSPS) is 11.0. The molecule has 0 bridgehead atoms. The second kappa shape index (κ2) is 9.04. The van der Waals surface area contributed by atoms with E-state index in [2.05, 4.69) is 15.9 Å². The highest BCUT2D eigenvalue weighted by atomic mass is 79.9. The van der Waals surface area contributed by atoms with Gasteiger partial charge in [-0.05, 0) is 40.6 Å². The highest BCUT2D eigenvalue weighted by Crippen LogP contribution is 2.31. The minimum absolute atomic E-state index is 0.256. The number of nitrogens with zero attached hydrogens (tertiary/aromatic N) is 1. The Morgan fingerprint density at radius 3 is 2.52 bits per heavy atom. The molecule has 3 amide bonds. The van der Waals surface area contributed by atoms with Crippen LogP contribution in [0.25, 0.3) is 16.8 Å². The van der Waals surface area contributed by atoms with Crippen molar-refractivity contribution in [3.63, 3.8) is 0 Å². The summed E-state index contributed by atoms with van der Waals surface area (Å²) in [5.41, 5.74) is 6.26. The SMILES string of the molecule is N#C/C(=C/c1c(OCc2ccc(Br)cc2)ccc2ccccc12)C(=O)NC(N)=O. The Hall–Kier alpha value is -3.63. The van der Waals surface area contributed by atoms with Crippen LogP contribution in [0.5, 0.6) is 5.75 Å². The fraction of sp³-hybridized carbons (Fsp3) is 0.0455. The van der Waals surface area contributed by atoms with Crippen LogP contribution in [-0.4, -0.2) is 11.9 Å². The summed E-state index contributed by atoms with van der Waals surface area (Å²) >= 11 is 3.40. The number of nitrogens with one attached hydrogen (secondary N) is 1. The number of urea groups is 1. The third kappa shape index (κ3) is 5.00. The number of imide groups is 1. The second-order valence-electron chi connectivity index (χ2n) is 6.10. The Bertz CT molecular complexity index is 1150. The molecule has 29 heavy (non-hydrogen) atoms. The van der Waals surface area contributed by atoms with Gasteiger partial charge in [-0.15, -0.1) is 0 Å². The monoisotopic (exact) mass is 449 g/mol. The molecule has 6 nitrogen and oxygen atoms in total. The molecule has 0 saturated carbocycles. The van der Waals surface area contributed by atoms with Gasteiger partial charge >= 0.3 is 6.03 Å². The third-order valence-electron chi connectivity index (χ3n) is 4.13. The molecular formula is C22H16BrN3O3. The zero-order chi connectivity index (χ0) is 20.8. The molecule has 0 radical (unpaired) electrons. The quantitative estimate of drug-likeness (QED) is 0.447. The van der Waals surface area contributed by atoms with Gasteiger partial charge in [0.2, 0.25) is 0 Å². The number of nitriles is 1. The maximum absolute atomic E-state index is 12.1. The van der Waals surface area contributed by atoms with Crippen molar-refractivity contribution in [1.82, 2.24) is 5.32 Å². The van der Waals surface area contributed by atoms with Crippen LogP contribution in [0.4, 0.5) is 4.79 Å². The molecule has 3 aromatic rings. The average molecular weight is 450 g/mol. The predicted molar refractivity (Wildman–Crippen MR) is 114 cm³/mol. The lowest BCUT2D eigenvalue weighted by atomic mass is 10.0. The molecule has 3 rings (SSSR count). The zero-order valence-electron chi connectivity index (χ0n) is 15.2. The van der Waals surface area contributed by atoms with Crippen LogP contribution in [0.2, 0.25) is 0 Å². The molecule has 0 aliphatic heterocycles. The van der Waals surface area contributed by atoms with Crippen molar-refractivity contribution in [3.05, 3.63) is 81.8 Å². The van der Waals surface area contributed by atoms with Crippen LogP contribution in [-0.2, 0) is 11.4 Å². The third-order valence-corrected chi connectivity index (χ3v) is 4.66. The summed E-state index contributed by atoms with van der Waals surface area (Å²) in [5, 5.41) is 13.0. The number of benzene rings is 3. The van der Waals surface area contributed by atoms with E-state index >= 15 is 0 Å². The molecular weight excluding hydrogens is 434 g/mol. The Morgan fingerprint density at radius 2 is 1.83 bits per heavy atom. The van der Waals surface area contributed by atoms with Gasteiger partial charge in [0.05, 0.1) is 0 Å². The van der Waals surface area contributed by atoms with E-state index in [1.165, 1.54) is 6.08 Å². The lowest BCUT2D eigenvalue weighted by Crippen LogP contribution is -2.35. The first-order chi connectivity index (χ1) is 14.0. The fourth-order valence-corrected chi connectivity index (χ4v) is 3.03. The van der Waals surface area contributed by atoms with Crippen molar-refractivity contribution >= 4 is 44.7 Å². The minimum atomic E-state index is -1.03. The summed E-state index contributed by atoms with van der Waals surface area (Å²) in [7, 11) is 0. The molecule has 3 N–H and O–H groups in total. The van der Waals surface area contributed by atoms with Crippen molar-refractivity contribution in [2.24, 2.45) is 5.73 Å². The van der Waals surface area contributed by atoms with Gasteiger partial charge < -0.3 is 10.5 Å². The Labute approximate surface area is 175 Å².